The Hall–Kier alpha value is -1.12. The van der Waals surface area contributed by atoms with E-state index < -0.39 is 4.92 Å². The van der Waals surface area contributed by atoms with E-state index in [0.717, 1.165) is 24.1 Å². The molecule has 9 heteroatoms. The molecule has 0 aliphatic heterocycles. The number of nitro groups is 1. The van der Waals surface area contributed by atoms with Gasteiger partial charge >= 0.3 is 5.69 Å². The lowest BCUT2D eigenvalue weighted by atomic mass is 10.5. The molecular weight excluding hydrogens is 280 g/mol. The molecule has 0 amide bonds. The molecule has 0 fully saturated rings. The zero-order chi connectivity index (χ0) is 13.4. The first-order chi connectivity index (χ1) is 8.65. The van der Waals surface area contributed by atoms with Crippen molar-refractivity contribution in [3.63, 3.8) is 0 Å². The van der Waals surface area contributed by atoms with E-state index in [4.69, 9.17) is 16.7 Å². The third-order valence-electron chi connectivity index (χ3n) is 1.92. The molecule has 0 radical (unpaired) electrons. The molecule has 0 aliphatic rings. The maximum Gasteiger partial charge on any atom is 0.329 e. The second kappa shape index (κ2) is 8.06. The number of nitrogens with one attached hydrogen (secondary N) is 1. The van der Waals surface area contributed by atoms with E-state index in [-0.39, 0.29) is 23.4 Å². The lowest BCUT2D eigenvalue weighted by Crippen LogP contribution is -2.09. The molecule has 0 saturated heterocycles. The maximum atomic E-state index is 10.7. The van der Waals surface area contributed by atoms with Gasteiger partial charge in [0.25, 0.3) is 0 Å². The Kier molecular flexibility index (Phi) is 6.69. The van der Waals surface area contributed by atoms with Crippen LogP contribution in [-0.2, 0) is 0 Å². The zero-order valence-corrected chi connectivity index (χ0v) is 11.1. The molecule has 18 heavy (non-hydrogen) atoms. The number of rotatable bonds is 8. The number of aliphatic hydroxyl groups excluding tert-OH is 1. The van der Waals surface area contributed by atoms with Gasteiger partial charge in [-0.3, -0.25) is 10.1 Å². The summed E-state index contributed by atoms with van der Waals surface area (Å²) in [6.07, 6.45) is 1.82. The molecule has 1 heterocycles. The molecule has 100 valence electrons. The molecule has 0 bridgehead atoms. The van der Waals surface area contributed by atoms with Crippen LogP contribution >= 0.6 is 23.4 Å². The van der Waals surface area contributed by atoms with Gasteiger partial charge in [-0.2, -0.15) is 16.7 Å². The number of hydrogen-bond acceptors (Lipinski definition) is 7. The number of nitrogens with zero attached hydrogens (tertiary/aromatic N) is 3. The highest BCUT2D eigenvalue weighted by Crippen LogP contribution is 2.21. The second-order valence-electron chi connectivity index (χ2n) is 3.25. The quantitative estimate of drug-likeness (QED) is 0.324. The van der Waals surface area contributed by atoms with Crippen molar-refractivity contribution in [2.75, 3.05) is 30.0 Å². The smallest absolute Gasteiger partial charge is 0.329 e. The summed E-state index contributed by atoms with van der Waals surface area (Å²) >= 11 is 7.23. The number of thioether (sulfide) groups is 1. The predicted molar refractivity (Wildman–Crippen MR) is 71.2 cm³/mol. The lowest BCUT2D eigenvalue weighted by Gasteiger charge is -2.05. The summed E-state index contributed by atoms with van der Waals surface area (Å²) < 4.78 is 0. The predicted octanol–water partition coefficient (Wildman–Crippen LogP) is 1.57. The van der Waals surface area contributed by atoms with Gasteiger partial charge in [-0.1, -0.05) is 0 Å². The minimum atomic E-state index is -0.558. The molecule has 1 rings (SSSR count). The standard InChI is InChI=1S/C9H13ClN4O3S/c10-9-12-6-7(14(16)17)8(13-9)11-2-5-18-4-1-3-15/h6,15H,1-5H2,(H,11,12,13). The highest BCUT2D eigenvalue weighted by atomic mass is 35.5. The number of hydrogen-bond donors (Lipinski definition) is 2. The summed E-state index contributed by atoms with van der Waals surface area (Å²) in [7, 11) is 0. The van der Waals surface area contributed by atoms with Gasteiger partial charge in [0.1, 0.15) is 6.20 Å². The van der Waals surface area contributed by atoms with Gasteiger partial charge in [0, 0.05) is 18.9 Å². The van der Waals surface area contributed by atoms with Crippen LogP contribution in [-0.4, -0.2) is 44.7 Å². The Bertz CT molecular complexity index is 407. The molecule has 0 spiro atoms. The highest BCUT2D eigenvalue weighted by molar-refractivity contribution is 7.99. The van der Waals surface area contributed by atoms with Crippen molar-refractivity contribution < 1.29 is 10.0 Å². The van der Waals surface area contributed by atoms with Crippen LogP contribution in [0.15, 0.2) is 6.20 Å². The fourth-order valence-electron chi connectivity index (χ4n) is 1.13. The molecular formula is C9H13ClN4O3S. The third kappa shape index (κ3) is 5.03. The normalized spacial score (nSPS) is 10.3. The Balaban J connectivity index is 2.45. The molecule has 0 unspecified atom stereocenters. The fraction of sp³-hybridized carbons (Fsp3) is 0.556. The van der Waals surface area contributed by atoms with Crippen LogP contribution in [0.3, 0.4) is 0 Å². The van der Waals surface area contributed by atoms with Gasteiger partial charge in [0.15, 0.2) is 0 Å². The van der Waals surface area contributed by atoms with E-state index in [1.165, 1.54) is 0 Å². The largest absolute Gasteiger partial charge is 0.396 e. The van der Waals surface area contributed by atoms with E-state index in [1.54, 1.807) is 11.8 Å². The second-order valence-corrected chi connectivity index (χ2v) is 4.81. The average Bonchev–Trinajstić information content (AvgIpc) is 2.33. The number of aromatic nitrogens is 2. The lowest BCUT2D eigenvalue weighted by molar-refractivity contribution is -0.384. The Morgan fingerprint density at radius 3 is 3.00 bits per heavy atom. The van der Waals surface area contributed by atoms with Crippen molar-refractivity contribution in [2.24, 2.45) is 0 Å². The van der Waals surface area contributed by atoms with Crippen LogP contribution in [0.4, 0.5) is 11.5 Å². The zero-order valence-electron chi connectivity index (χ0n) is 9.50. The molecule has 0 aliphatic carbocycles. The topological polar surface area (TPSA) is 101 Å². The van der Waals surface area contributed by atoms with E-state index in [2.05, 4.69) is 15.3 Å². The van der Waals surface area contributed by atoms with Crippen molar-refractivity contribution >= 4 is 34.9 Å². The van der Waals surface area contributed by atoms with Crippen LogP contribution in [0.2, 0.25) is 5.28 Å². The van der Waals surface area contributed by atoms with Gasteiger partial charge in [0.05, 0.1) is 4.92 Å². The first-order valence-electron chi connectivity index (χ1n) is 5.24. The SMILES string of the molecule is O=[N+]([O-])c1cnc(Cl)nc1NCCSCCCO. The van der Waals surface area contributed by atoms with Gasteiger partial charge in [0.2, 0.25) is 11.1 Å². The molecule has 0 saturated carbocycles. The summed E-state index contributed by atoms with van der Waals surface area (Å²) in [6, 6.07) is 0. The van der Waals surface area contributed by atoms with Crippen LogP contribution in [0, 0.1) is 10.1 Å². The van der Waals surface area contributed by atoms with Crippen LogP contribution in [0.1, 0.15) is 6.42 Å². The monoisotopic (exact) mass is 292 g/mol. The molecule has 0 atom stereocenters. The first-order valence-corrected chi connectivity index (χ1v) is 6.78. The van der Waals surface area contributed by atoms with E-state index in [0.29, 0.717) is 6.54 Å². The van der Waals surface area contributed by atoms with Crippen LogP contribution in [0.5, 0.6) is 0 Å². The van der Waals surface area contributed by atoms with Gasteiger partial charge in [-0.05, 0) is 23.8 Å². The van der Waals surface area contributed by atoms with Crippen LogP contribution in [0.25, 0.3) is 0 Å². The van der Waals surface area contributed by atoms with E-state index in [9.17, 15) is 10.1 Å². The van der Waals surface area contributed by atoms with E-state index >= 15 is 0 Å². The highest BCUT2D eigenvalue weighted by Gasteiger charge is 2.16. The summed E-state index contributed by atoms with van der Waals surface area (Å²) in [4.78, 5) is 17.5. The number of halogens is 1. The van der Waals surface area contributed by atoms with Crippen molar-refractivity contribution in [3.05, 3.63) is 21.6 Å². The van der Waals surface area contributed by atoms with Gasteiger partial charge in [-0.25, -0.2) is 4.98 Å². The fourth-order valence-corrected chi connectivity index (χ4v) is 2.04. The van der Waals surface area contributed by atoms with Crippen molar-refractivity contribution in [2.45, 2.75) is 6.42 Å². The maximum absolute atomic E-state index is 10.7. The molecule has 1 aromatic rings. The Morgan fingerprint density at radius 2 is 2.33 bits per heavy atom. The molecule has 0 aromatic carbocycles. The Labute approximate surface area is 113 Å². The summed E-state index contributed by atoms with van der Waals surface area (Å²) in [5.41, 5.74) is -0.195. The first kappa shape index (κ1) is 14.9. The number of anilines is 1. The van der Waals surface area contributed by atoms with Crippen molar-refractivity contribution in [1.29, 1.82) is 0 Å². The summed E-state index contributed by atoms with van der Waals surface area (Å²) in [6.45, 7) is 0.706. The minimum Gasteiger partial charge on any atom is -0.396 e. The number of aliphatic hydroxyl groups is 1. The average molecular weight is 293 g/mol. The summed E-state index contributed by atoms with van der Waals surface area (Å²) in [5.74, 6) is 1.74. The molecule has 2 N–H and O–H groups in total. The molecule has 1 aromatic heterocycles. The van der Waals surface area contributed by atoms with Gasteiger partial charge in [-0.15, -0.1) is 0 Å². The minimum absolute atomic E-state index is 0.0315. The summed E-state index contributed by atoms with van der Waals surface area (Å²) in [5, 5.41) is 22.1. The van der Waals surface area contributed by atoms with Crippen molar-refractivity contribution in [1.82, 2.24) is 9.97 Å². The Morgan fingerprint density at radius 1 is 1.56 bits per heavy atom. The van der Waals surface area contributed by atoms with Gasteiger partial charge < -0.3 is 10.4 Å². The van der Waals surface area contributed by atoms with Crippen molar-refractivity contribution in [3.8, 4) is 0 Å². The van der Waals surface area contributed by atoms with Crippen LogP contribution < -0.4 is 5.32 Å². The molecule has 7 nitrogen and oxygen atoms in total. The third-order valence-corrected chi connectivity index (χ3v) is 3.17. The van der Waals surface area contributed by atoms with E-state index in [1.807, 2.05) is 0 Å².